The van der Waals surface area contributed by atoms with E-state index in [0.29, 0.717) is 17.6 Å². The zero-order valence-electron chi connectivity index (χ0n) is 11.0. The molecule has 0 N–H and O–H groups in total. The molecule has 3 heterocycles. The van der Waals surface area contributed by atoms with Gasteiger partial charge in [-0.25, -0.2) is 0 Å². The van der Waals surface area contributed by atoms with Gasteiger partial charge in [0.15, 0.2) is 0 Å². The van der Waals surface area contributed by atoms with Crippen LogP contribution >= 0.6 is 0 Å². The van der Waals surface area contributed by atoms with E-state index in [-0.39, 0.29) is 5.91 Å². The quantitative estimate of drug-likeness (QED) is 0.771. The van der Waals surface area contributed by atoms with Gasteiger partial charge in [-0.3, -0.25) is 14.7 Å². The largest absolute Gasteiger partial charge is 0.334 e. The van der Waals surface area contributed by atoms with E-state index in [1.807, 2.05) is 23.1 Å². The fourth-order valence-corrected chi connectivity index (χ4v) is 3.38. The number of likely N-dealkylation sites (tertiary alicyclic amines) is 2. The van der Waals surface area contributed by atoms with Gasteiger partial charge in [-0.15, -0.1) is 6.58 Å². The lowest BCUT2D eigenvalue weighted by atomic mass is 10.1. The Morgan fingerprint density at radius 1 is 1.42 bits per heavy atom. The molecule has 2 fully saturated rings. The number of nitrogens with zero attached hydrogens (tertiary/aromatic N) is 3. The third kappa shape index (κ3) is 2.16. The molecule has 0 saturated carbocycles. The van der Waals surface area contributed by atoms with Gasteiger partial charge < -0.3 is 4.90 Å². The molecule has 3 rings (SSSR count). The molecule has 2 saturated heterocycles. The zero-order valence-corrected chi connectivity index (χ0v) is 11.0. The van der Waals surface area contributed by atoms with Crippen LogP contribution in [-0.4, -0.2) is 52.4 Å². The third-order valence-electron chi connectivity index (χ3n) is 4.22. The first kappa shape index (κ1) is 12.4. The molecule has 4 heteroatoms. The number of hydrogen-bond donors (Lipinski definition) is 0. The topological polar surface area (TPSA) is 36.4 Å². The number of fused-ring (bicyclic) bond motifs is 1. The van der Waals surface area contributed by atoms with Crippen LogP contribution in [0.2, 0.25) is 0 Å². The molecule has 1 amide bonds. The Morgan fingerprint density at radius 3 is 3.00 bits per heavy atom. The molecule has 100 valence electrons. The summed E-state index contributed by atoms with van der Waals surface area (Å²) in [6, 6.07) is 4.55. The van der Waals surface area contributed by atoms with Crippen LogP contribution < -0.4 is 0 Å². The molecule has 19 heavy (non-hydrogen) atoms. The normalized spacial score (nSPS) is 26.4. The minimum atomic E-state index is 0.126. The molecular weight excluding hydrogens is 238 g/mol. The molecule has 4 nitrogen and oxygen atoms in total. The lowest BCUT2D eigenvalue weighted by Gasteiger charge is -2.25. The van der Waals surface area contributed by atoms with Gasteiger partial charge in [0.05, 0.1) is 5.56 Å². The molecule has 0 aliphatic carbocycles. The first-order valence-electron chi connectivity index (χ1n) is 6.87. The summed E-state index contributed by atoms with van der Waals surface area (Å²) in [6.45, 7) is 6.66. The Labute approximate surface area is 113 Å². The van der Waals surface area contributed by atoms with Gasteiger partial charge in [-0.05, 0) is 25.0 Å². The number of amides is 1. The molecule has 2 atom stereocenters. The smallest absolute Gasteiger partial charge is 0.255 e. The molecule has 0 radical (unpaired) electrons. The molecule has 0 unspecified atom stereocenters. The predicted molar refractivity (Wildman–Crippen MR) is 73.9 cm³/mol. The van der Waals surface area contributed by atoms with Crippen LogP contribution in [0.1, 0.15) is 23.2 Å². The van der Waals surface area contributed by atoms with Gasteiger partial charge in [0.2, 0.25) is 0 Å². The van der Waals surface area contributed by atoms with Crippen molar-refractivity contribution in [3.05, 3.63) is 42.7 Å². The van der Waals surface area contributed by atoms with Crippen LogP contribution in [-0.2, 0) is 0 Å². The highest BCUT2D eigenvalue weighted by atomic mass is 16.2. The second-order valence-corrected chi connectivity index (χ2v) is 5.24. The predicted octanol–water partition coefficient (Wildman–Crippen LogP) is 1.56. The Balaban J connectivity index is 1.74. The summed E-state index contributed by atoms with van der Waals surface area (Å²) in [7, 11) is 0. The van der Waals surface area contributed by atoms with Crippen molar-refractivity contribution in [2.45, 2.75) is 24.9 Å². The summed E-state index contributed by atoms with van der Waals surface area (Å²) in [5.74, 6) is 0.126. The summed E-state index contributed by atoms with van der Waals surface area (Å²) >= 11 is 0. The molecule has 1 aromatic heterocycles. The summed E-state index contributed by atoms with van der Waals surface area (Å²) in [5.41, 5.74) is 0.699. The van der Waals surface area contributed by atoms with Gasteiger partial charge in [-0.1, -0.05) is 6.08 Å². The van der Waals surface area contributed by atoms with E-state index in [2.05, 4.69) is 16.5 Å². The van der Waals surface area contributed by atoms with Gasteiger partial charge >= 0.3 is 0 Å². The molecule has 2 aliphatic rings. The van der Waals surface area contributed by atoms with E-state index in [1.54, 1.807) is 12.4 Å². The monoisotopic (exact) mass is 257 g/mol. The summed E-state index contributed by atoms with van der Waals surface area (Å²) in [6.07, 6.45) is 7.46. The average Bonchev–Trinajstić information content (AvgIpc) is 3.02. The van der Waals surface area contributed by atoms with E-state index in [4.69, 9.17) is 0 Å². The fraction of sp³-hybridized carbons (Fsp3) is 0.467. The maximum Gasteiger partial charge on any atom is 0.255 e. The molecule has 2 aliphatic heterocycles. The summed E-state index contributed by atoms with van der Waals surface area (Å²) in [5, 5.41) is 0. The third-order valence-corrected chi connectivity index (χ3v) is 4.22. The van der Waals surface area contributed by atoms with Crippen LogP contribution in [0.15, 0.2) is 37.2 Å². The first-order valence-corrected chi connectivity index (χ1v) is 6.87. The van der Waals surface area contributed by atoms with Gasteiger partial charge in [0.25, 0.3) is 5.91 Å². The Morgan fingerprint density at radius 2 is 2.26 bits per heavy atom. The van der Waals surface area contributed by atoms with Crippen molar-refractivity contribution >= 4 is 5.91 Å². The highest BCUT2D eigenvalue weighted by molar-refractivity contribution is 5.94. The number of hydrogen-bond acceptors (Lipinski definition) is 3. The molecular formula is C15H19N3O. The number of carbonyl (C=O) groups excluding carboxylic acids is 1. The molecule has 1 aromatic rings. The second-order valence-electron chi connectivity index (χ2n) is 5.24. The van der Waals surface area contributed by atoms with E-state index < -0.39 is 0 Å². The van der Waals surface area contributed by atoms with Crippen LogP contribution in [0.3, 0.4) is 0 Å². The zero-order chi connectivity index (χ0) is 13.2. The fourth-order valence-electron chi connectivity index (χ4n) is 3.38. The van der Waals surface area contributed by atoms with E-state index in [9.17, 15) is 4.79 Å². The van der Waals surface area contributed by atoms with E-state index >= 15 is 0 Å². The maximum atomic E-state index is 12.5. The van der Waals surface area contributed by atoms with Crippen molar-refractivity contribution in [3.63, 3.8) is 0 Å². The van der Waals surface area contributed by atoms with Crippen molar-refractivity contribution in [2.75, 3.05) is 19.6 Å². The lowest BCUT2D eigenvalue weighted by molar-refractivity contribution is 0.0732. The number of carbonyl (C=O) groups is 1. The highest BCUT2D eigenvalue weighted by Gasteiger charge is 2.43. The number of pyridine rings is 1. The Hall–Kier alpha value is -1.68. The van der Waals surface area contributed by atoms with Crippen molar-refractivity contribution in [1.29, 1.82) is 0 Å². The standard InChI is InChI=1S/C15H19N3O/c1-2-8-17-9-5-14-13(17)6-10-18(14)15(19)12-4-3-7-16-11-12/h2-4,7,11,13-14H,1,5-6,8-10H2/t13-,14+/m0/s1. The molecule has 0 spiro atoms. The van der Waals surface area contributed by atoms with Crippen molar-refractivity contribution < 1.29 is 4.79 Å². The minimum absolute atomic E-state index is 0.126. The van der Waals surface area contributed by atoms with Crippen molar-refractivity contribution in [1.82, 2.24) is 14.8 Å². The van der Waals surface area contributed by atoms with E-state index in [1.165, 1.54) is 0 Å². The number of rotatable bonds is 3. The van der Waals surface area contributed by atoms with Crippen molar-refractivity contribution in [3.8, 4) is 0 Å². The SMILES string of the molecule is C=CCN1CC[C@@H]2[C@@H]1CCN2C(=O)c1cccnc1. The molecule has 0 bridgehead atoms. The maximum absolute atomic E-state index is 12.5. The number of aromatic nitrogens is 1. The first-order chi connectivity index (χ1) is 9.31. The van der Waals surface area contributed by atoms with Gasteiger partial charge in [0, 0.05) is 44.1 Å². The van der Waals surface area contributed by atoms with Crippen LogP contribution in [0, 0.1) is 0 Å². The van der Waals surface area contributed by atoms with Crippen LogP contribution in [0.4, 0.5) is 0 Å². The lowest BCUT2D eigenvalue weighted by Crippen LogP contribution is -2.39. The average molecular weight is 257 g/mol. The van der Waals surface area contributed by atoms with Crippen LogP contribution in [0.5, 0.6) is 0 Å². The Bertz CT molecular complexity index is 474. The minimum Gasteiger partial charge on any atom is -0.334 e. The second kappa shape index (κ2) is 5.13. The summed E-state index contributed by atoms with van der Waals surface area (Å²) in [4.78, 5) is 21.0. The van der Waals surface area contributed by atoms with Gasteiger partial charge in [-0.2, -0.15) is 0 Å². The van der Waals surface area contributed by atoms with Crippen LogP contribution in [0.25, 0.3) is 0 Å². The van der Waals surface area contributed by atoms with Gasteiger partial charge in [0.1, 0.15) is 0 Å². The molecule has 0 aromatic carbocycles. The summed E-state index contributed by atoms with van der Waals surface area (Å²) < 4.78 is 0. The Kier molecular flexibility index (Phi) is 3.34. The van der Waals surface area contributed by atoms with E-state index in [0.717, 1.165) is 32.5 Å². The highest BCUT2D eigenvalue weighted by Crippen LogP contribution is 2.32. The van der Waals surface area contributed by atoms with Crippen molar-refractivity contribution in [2.24, 2.45) is 0 Å².